The highest BCUT2D eigenvalue weighted by atomic mass is 31.2. The van der Waals surface area contributed by atoms with Crippen LogP contribution in [0, 0.1) is 0 Å². The Bertz CT molecular complexity index is 2170. The zero-order valence-corrected chi connectivity index (χ0v) is 25.8. The van der Waals surface area contributed by atoms with Crippen LogP contribution in [-0.2, 0) is 29.3 Å². The van der Waals surface area contributed by atoms with Gasteiger partial charge in [-0.05, 0) is 69.6 Å². The van der Waals surface area contributed by atoms with Crippen LogP contribution < -0.4 is 15.9 Å². The van der Waals surface area contributed by atoms with E-state index in [0.717, 1.165) is 6.07 Å². The number of fused-ring (bicyclic) bond motifs is 2. The summed E-state index contributed by atoms with van der Waals surface area (Å²) in [5.74, 6) is 0. The molecule has 14 heteroatoms. The molecule has 0 saturated heterocycles. The van der Waals surface area contributed by atoms with Crippen molar-refractivity contribution in [1.29, 1.82) is 0 Å². The molecule has 6 rings (SSSR count). The van der Waals surface area contributed by atoms with Crippen molar-refractivity contribution in [2.45, 2.75) is 24.7 Å². The van der Waals surface area contributed by atoms with Crippen molar-refractivity contribution < 1.29 is 57.3 Å². The second-order valence-electron chi connectivity index (χ2n) is 11.3. The van der Waals surface area contributed by atoms with Crippen molar-refractivity contribution in [1.82, 2.24) is 0 Å². The third-order valence-corrected chi connectivity index (χ3v) is 11.2. The Labute approximate surface area is 275 Å². The van der Waals surface area contributed by atoms with Gasteiger partial charge in [0.2, 0.25) is 0 Å². The van der Waals surface area contributed by atoms with Crippen molar-refractivity contribution in [2.75, 3.05) is 0 Å². The first-order valence-electron chi connectivity index (χ1n) is 14.4. The minimum absolute atomic E-state index is 0.0693. The standard InChI is InChI=1S/C36H19F12OP/c37-33(38,39)22-14-23(34(40,41)42)17-26(16-22)50(49,27-18-24(35(43,44)45)15-25(19-27)36(46,47)48)31-13-12-21-7-2-4-10-29(21)32(31)30-11-5-8-20-6-1-3-9-28(20)30/h1-19H. The molecule has 6 aromatic rings. The van der Waals surface area contributed by atoms with Gasteiger partial charge in [0.25, 0.3) is 0 Å². The molecule has 0 unspecified atom stereocenters. The summed E-state index contributed by atoms with van der Waals surface area (Å²) < 4.78 is 186. The van der Waals surface area contributed by atoms with Gasteiger partial charge in [0.15, 0.2) is 7.14 Å². The average molecular weight is 726 g/mol. The largest absolute Gasteiger partial charge is 0.416 e. The zero-order valence-electron chi connectivity index (χ0n) is 24.9. The number of halogens is 12. The van der Waals surface area contributed by atoms with Crippen LogP contribution in [0.4, 0.5) is 52.7 Å². The Morgan fingerprint density at radius 2 is 0.780 bits per heavy atom. The molecule has 0 aliphatic carbocycles. The van der Waals surface area contributed by atoms with Crippen molar-refractivity contribution in [2.24, 2.45) is 0 Å². The van der Waals surface area contributed by atoms with E-state index in [0.29, 0.717) is 16.2 Å². The fourth-order valence-corrected chi connectivity index (χ4v) is 8.90. The van der Waals surface area contributed by atoms with Crippen LogP contribution in [-0.4, -0.2) is 0 Å². The van der Waals surface area contributed by atoms with Gasteiger partial charge in [-0.1, -0.05) is 72.8 Å². The molecule has 0 aliphatic heterocycles. The Balaban J connectivity index is 1.87. The summed E-state index contributed by atoms with van der Waals surface area (Å²) in [6, 6.07) is 19.6. The molecular weight excluding hydrogens is 707 g/mol. The van der Waals surface area contributed by atoms with Crippen molar-refractivity contribution in [3.8, 4) is 11.1 Å². The van der Waals surface area contributed by atoms with Gasteiger partial charge in [-0.3, -0.25) is 0 Å². The molecule has 0 aliphatic rings. The first kappa shape index (κ1) is 35.1. The molecule has 0 N–H and O–H groups in total. The maximum atomic E-state index is 15.8. The summed E-state index contributed by atoms with van der Waals surface area (Å²) in [6.07, 6.45) is -22.0. The van der Waals surface area contributed by atoms with Crippen molar-refractivity contribution in [3.05, 3.63) is 138 Å². The van der Waals surface area contributed by atoms with E-state index in [-0.39, 0.29) is 52.9 Å². The van der Waals surface area contributed by atoms with E-state index in [4.69, 9.17) is 0 Å². The van der Waals surface area contributed by atoms with Gasteiger partial charge in [0.1, 0.15) is 0 Å². The van der Waals surface area contributed by atoms with E-state index in [9.17, 15) is 52.7 Å². The first-order chi connectivity index (χ1) is 23.2. The topological polar surface area (TPSA) is 17.1 Å². The summed E-state index contributed by atoms with van der Waals surface area (Å²) in [5.41, 5.74) is -7.69. The van der Waals surface area contributed by atoms with E-state index in [1.807, 2.05) is 0 Å². The van der Waals surface area contributed by atoms with Crippen LogP contribution in [0.2, 0.25) is 0 Å². The van der Waals surface area contributed by atoms with E-state index in [1.54, 1.807) is 48.5 Å². The third-order valence-electron chi connectivity index (χ3n) is 8.18. The molecule has 1 nitrogen and oxygen atoms in total. The fraction of sp³-hybridized carbons (Fsp3) is 0.111. The van der Waals surface area contributed by atoms with Crippen molar-refractivity contribution in [3.63, 3.8) is 0 Å². The average Bonchev–Trinajstić information content (AvgIpc) is 3.05. The fourth-order valence-electron chi connectivity index (χ4n) is 5.92. The molecule has 0 fully saturated rings. The first-order valence-corrected chi connectivity index (χ1v) is 16.1. The van der Waals surface area contributed by atoms with Crippen LogP contribution >= 0.6 is 7.14 Å². The van der Waals surface area contributed by atoms with Crippen LogP contribution in [0.5, 0.6) is 0 Å². The Morgan fingerprint density at radius 3 is 1.22 bits per heavy atom. The molecule has 258 valence electrons. The second-order valence-corrected chi connectivity index (χ2v) is 14.1. The quantitative estimate of drug-likeness (QED) is 0.131. The van der Waals surface area contributed by atoms with Crippen LogP contribution in [0.3, 0.4) is 0 Å². The predicted octanol–water partition coefficient (Wildman–Crippen LogP) is 11.4. The predicted molar refractivity (Wildman–Crippen MR) is 166 cm³/mol. The molecule has 6 aromatic carbocycles. The van der Waals surface area contributed by atoms with E-state index in [1.165, 1.54) is 24.3 Å². The monoisotopic (exact) mass is 726 g/mol. The highest BCUT2D eigenvalue weighted by Gasteiger charge is 2.44. The third kappa shape index (κ3) is 6.34. The molecule has 0 atom stereocenters. The lowest BCUT2D eigenvalue weighted by molar-refractivity contribution is -0.144. The second kappa shape index (κ2) is 11.9. The molecule has 0 heterocycles. The molecule has 0 spiro atoms. The maximum Gasteiger partial charge on any atom is 0.416 e. The van der Waals surface area contributed by atoms with Gasteiger partial charge in [-0.15, -0.1) is 0 Å². The minimum Gasteiger partial charge on any atom is -0.309 e. The van der Waals surface area contributed by atoms with Crippen LogP contribution in [0.1, 0.15) is 22.3 Å². The molecule has 0 radical (unpaired) electrons. The highest BCUT2D eigenvalue weighted by molar-refractivity contribution is 7.85. The lowest BCUT2D eigenvalue weighted by Gasteiger charge is -2.27. The lowest BCUT2D eigenvalue weighted by Crippen LogP contribution is -2.30. The zero-order chi connectivity index (χ0) is 36.4. The maximum absolute atomic E-state index is 15.8. The van der Waals surface area contributed by atoms with Gasteiger partial charge in [-0.25, -0.2) is 0 Å². The van der Waals surface area contributed by atoms with Crippen LogP contribution in [0.15, 0.2) is 115 Å². The van der Waals surface area contributed by atoms with E-state index < -0.39 is 70.0 Å². The summed E-state index contributed by atoms with van der Waals surface area (Å²) in [5, 5.41) is -1.45. The number of rotatable bonds is 4. The molecule has 0 aromatic heterocycles. The highest BCUT2D eigenvalue weighted by Crippen LogP contribution is 2.51. The molecule has 0 saturated carbocycles. The molecular formula is C36H19F12OP. The van der Waals surface area contributed by atoms with Crippen molar-refractivity contribution >= 4 is 44.6 Å². The number of hydrogen-bond donors (Lipinski definition) is 0. The van der Waals surface area contributed by atoms with Gasteiger partial charge in [-0.2, -0.15) is 52.7 Å². The lowest BCUT2D eigenvalue weighted by atomic mass is 9.94. The van der Waals surface area contributed by atoms with Crippen LogP contribution in [0.25, 0.3) is 32.7 Å². The normalized spacial score (nSPS) is 13.3. The van der Waals surface area contributed by atoms with Gasteiger partial charge >= 0.3 is 24.7 Å². The summed E-state index contributed by atoms with van der Waals surface area (Å²) in [4.78, 5) is 0. The number of alkyl halides is 12. The van der Waals surface area contributed by atoms with E-state index in [2.05, 4.69) is 0 Å². The number of hydrogen-bond acceptors (Lipinski definition) is 1. The summed E-state index contributed by atoms with van der Waals surface area (Å²) in [6.45, 7) is 0. The SMILES string of the molecule is O=P(c1cc(C(F)(F)F)cc(C(F)(F)F)c1)(c1cc(C(F)(F)F)cc(C(F)(F)F)c1)c1ccc2ccccc2c1-c1cccc2ccccc12. The summed E-state index contributed by atoms with van der Waals surface area (Å²) >= 11 is 0. The Morgan fingerprint density at radius 1 is 0.400 bits per heavy atom. The molecule has 0 amide bonds. The van der Waals surface area contributed by atoms with Gasteiger partial charge in [0, 0.05) is 21.5 Å². The van der Waals surface area contributed by atoms with E-state index >= 15 is 4.57 Å². The summed E-state index contributed by atoms with van der Waals surface area (Å²) in [7, 11) is -5.55. The molecule has 50 heavy (non-hydrogen) atoms. The number of benzene rings is 6. The minimum atomic E-state index is -5.55. The Hall–Kier alpha value is -4.77. The molecule has 0 bridgehead atoms. The smallest absolute Gasteiger partial charge is 0.309 e. The Kier molecular flexibility index (Phi) is 8.37. The van der Waals surface area contributed by atoms with Gasteiger partial charge in [0.05, 0.1) is 22.3 Å². The van der Waals surface area contributed by atoms with Gasteiger partial charge < -0.3 is 4.57 Å².